The maximum Gasteiger partial charge on any atom is 0.259 e. The second-order valence-corrected chi connectivity index (χ2v) is 7.55. The highest BCUT2D eigenvalue weighted by molar-refractivity contribution is 5.90. The molecule has 0 aliphatic carbocycles. The number of nitrogens with one attached hydrogen (secondary N) is 1. The highest BCUT2D eigenvalue weighted by Gasteiger charge is 2.24. The van der Waals surface area contributed by atoms with E-state index in [0.29, 0.717) is 29.8 Å². The zero-order valence-corrected chi connectivity index (χ0v) is 17.4. The van der Waals surface area contributed by atoms with Crippen LogP contribution in [-0.4, -0.2) is 33.4 Å². The molecule has 1 aliphatic rings. The minimum atomic E-state index is -1.10. The van der Waals surface area contributed by atoms with Crippen molar-refractivity contribution in [1.29, 1.82) is 0 Å². The number of benzene rings is 2. The van der Waals surface area contributed by atoms with Gasteiger partial charge in [-0.3, -0.25) is 19.1 Å². The van der Waals surface area contributed by atoms with Gasteiger partial charge in [-0.05, 0) is 42.9 Å². The van der Waals surface area contributed by atoms with Crippen molar-refractivity contribution in [2.45, 2.75) is 26.4 Å². The fourth-order valence-corrected chi connectivity index (χ4v) is 3.72. The van der Waals surface area contributed by atoms with Gasteiger partial charge in [0.15, 0.2) is 11.6 Å². The molecular formula is C23H21F3N4O2. The van der Waals surface area contributed by atoms with E-state index in [4.69, 9.17) is 0 Å². The van der Waals surface area contributed by atoms with Crippen molar-refractivity contribution in [3.8, 4) is 11.4 Å². The Morgan fingerprint density at radius 2 is 1.84 bits per heavy atom. The average Bonchev–Trinajstić information content (AvgIpc) is 2.78. The minimum Gasteiger partial charge on any atom is -0.324 e. The lowest BCUT2D eigenvalue weighted by atomic mass is 10.1. The van der Waals surface area contributed by atoms with Gasteiger partial charge in [-0.25, -0.2) is 18.2 Å². The number of aromatic nitrogens is 2. The van der Waals surface area contributed by atoms with Gasteiger partial charge in [0.05, 0.1) is 11.3 Å². The first-order chi connectivity index (χ1) is 15.4. The lowest BCUT2D eigenvalue weighted by Gasteiger charge is -2.27. The molecule has 0 radical (unpaired) electrons. The van der Waals surface area contributed by atoms with Gasteiger partial charge in [0.25, 0.3) is 5.56 Å². The fourth-order valence-electron chi connectivity index (χ4n) is 3.72. The standard InChI is InChI=1S/C23H21F3N4O2/c1-2-29-10-9-20-17(12-29)23(32)30(22(28-20)14-3-5-15(24)6-4-14)13-21(31)27-16-7-8-18(25)19(26)11-16/h3-8,11H,2,9-10,12-13H2,1H3,(H,27,31). The van der Waals surface area contributed by atoms with E-state index in [2.05, 4.69) is 15.2 Å². The van der Waals surface area contributed by atoms with E-state index in [1.165, 1.54) is 34.9 Å². The number of hydrogen-bond donors (Lipinski definition) is 1. The van der Waals surface area contributed by atoms with Crippen LogP contribution in [0.25, 0.3) is 11.4 Å². The fraction of sp³-hybridized carbons (Fsp3) is 0.261. The van der Waals surface area contributed by atoms with Gasteiger partial charge in [-0.1, -0.05) is 6.92 Å². The summed E-state index contributed by atoms with van der Waals surface area (Å²) in [5.41, 5.74) is 1.38. The summed E-state index contributed by atoms with van der Waals surface area (Å²) in [6.45, 7) is 3.57. The summed E-state index contributed by atoms with van der Waals surface area (Å²) in [5.74, 6) is -2.92. The molecule has 0 atom stereocenters. The Kier molecular flexibility index (Phi) is 6.09. The Hall–Kier alpha value is -3.46. The summed E-state index contributed by atoms with van der Waals surface area (Å²) in [4.78, 5) is 32.8. The molecule has 1 aromatic heterocycles. The summed E-state index contributed by atoms with van der Waals surface area (Å²) >= 11 is 0. The molecule has 4 rings (SSSR count). The van der Waals surface area contributed by atoms with Gasteiger partial charge in [-0.2, -0.15) is 0 Å². The third-order valence-corrected chi connectivity index (χ3v) is 5.45. The summed E-state index contributed by atoms with van der Waals surface area (Å²) in [5, 5.41) is 2.47. The van der Waals surface area contributed by atoms with E-state index in [1.807, 2.05) is 6.92 Å². The molecule has 9 heteroatoms. The van der Waals surface area contributed by atoms with Crippen molar-refractivity contribution in [3.05, 3.63) is 81.5 Å². The van der Waals surface area contributed by atoms with Gasteiger partial charge >= 0.3 is 0 Å². The Bertz CT molecular complexity index is 1230. The number of fused-ring (bicyclic) bond motifs is 1. The van der Waals surface area contributed by atoms with Crippen molar-refractivity contribution in [1.82, 2.24) is 14.5 Å². The van der Waals surface area contributed by atoms with E-state index < -0.39 is 29.9 Å². The molecule has 2 aromatic carbocycles. The van der Waals surface area contributed by atoms with Gasteiger partial charge in [0.1, 0.15) is 18.2 Å². The van der Waals surface area contributed by atoms with Crippen LogP contribution >= 0.6 is 0 Å². The molecule has 3 aromatic rings. The van der Waals surface area contributed by atoms with Gasteiger partial charge in [0.2, 0.25) is 5.91 Å². The average molecular weight is 442 g/mol. The molecule has 1 aliphatic heterocycles. The van der Waals surface area contributed by atoms with Crippen LogP contribution < -0.4 is 10.9 Å². The van der Waals surface area contributed by atoms with E-state index in [1.54, 1.807) is 0 Å². The molecule has 0 fully saturated rings. The van der Waals surface area contributed by atoms with Crippen molar-refractivity contribution < 1.29 is 18.0 Å². The van der Waals surface area contributed by atoms with Crippen LogP contribution in [0.15, 0.2) is 47.3 Å². The van der Waals surface area contributed by atoms with Gasteiger partial charge in [-0.15, -0.1) is 0 Å². The Morgan fingerprint density at radius 1 is 1.09 bits per heavy atom. The quantitative estimate of drug-likeness (QED) is 0.658. The lowest BCUT2D eigenvalue weighted by molar-refractivity contribution is -0.116. The first-order valence-corrected chi connectivity index (χ1v) is 10.2. The molecule has 0 bridgehead atoms. The monoisotopic (exact) mass is 442 g/mol. The van der Waals surface area contributed by atoms with Crippen molar-refractivity contribution in [2.75, 3.05) is 18.4 Å². The molecule has 0 saturated carbocycles. The lowest BCUT2D eigenvalue weighted by Crippen LogP contribution is -2.39. The Morgan fingerprint density at radius 3 is 2.53 bits per heavy atom. The minimum absolute atomic E-state index is 0.0633. The number of halogens is 3. The van der Waals surface area contributed by atoms with Crippen LogP contribution in [0.3, 0.4) is 0 Å². The summed E-state index contributed by atoms with van der Waals surface area (Å²) in [7, 11) is 0. The highest BCUT2D eigenvalue weighted by atomic mass is 19.2. The van der Waals surface area contributed by atoms with Crippen molar-refractivity contribution >= 4 is 11.6 Å². The topological polar surface area (TPSA) is 67.2 Å². The predicted octanol–water partition coefficient (Wildman–Crippen LogP) is 3.34. The van der Waals surface area contributed by atoms with Crippen molar-refractivity contribution in [3.63, 3.8) is 0 Å². The predicted molar refractivity (Wildman–Crippen MR) is 114 cm³/mol. The first kappa shape index (κ1) is 21.8. The number of rotatable bonds is 5. The summed E-state index contributed by atoms with van der Waals surface area (Å²) < 4.78 is 41.3. The first-order valence-electron chi connectivity index (χ1n) is 10.2. The van der Waals surface area contributed by atoms with E-state index in [9.17, 15) is 22.8 Å². The van der Waals surface area contributed by atoms with Crippen LogP contribution in [0.2, 0.25) is 0 Å². The molecule has 2 heterocycles. The second-order valence-electron chi connectivity index (χ2n) is 7.55. The number of amides is 1. The molecular weight excluding hydrogens is 421 g/mol. The maximum absolute atomic E-state index is 13.5. The summed E-state index contributed by atoms with van der Waals surface area (Å²) in [6.07, 6.45) is 0.592. The molecule has 0 saturated heterocycles. The molecule has 1 amide bonds. The molecule has 1 N–H and O–H groups in total. The van der Waals surface area contributed by atoms with E-state index in [0.717, 1.165) is 25.2 Å². The maximum atomic E-state index is 13.5. The van der Waals surface area contributed by atoms with Gasteiger partial charge < -0.3 is 5.32 Å². The van der Waals surface area contributed by atoms with Crippen LogP contribution in [0, 0.1) is 17.5 Å². The Balaban J connectivity index is 1.72. The molecule has 6 nitrogen and oxygen atoms in total. The largest absolute Gasteiger partial charge is 0.324 e. The third-order valence-electron chi connectivity index (χ3n) is 5.45. The molecule has 0 unspecified atom stereocenters. The van der Waals surface area contributed by atoms with Crippen LogP contribution in [-0.2, 0) is 24.3 Å². The van der Waals surface area contributed by atoms with Crippen LogP contribution in [0.1, 0.15) is 18.2 Å². The zero-order chi connectivity index (χ0) is 22.8. The normalized spacial score (nSPS) is 13.6. The molecule has 32 heavy (non-hydrogen) atoms. The van der Waals surface area contributed by atoms with Crippen molar-refractivity contribution in [2.24, 2.45) is 0 Å². The SMILES string of the molecule is CCN1CCc2nc(-c3ccc(F)cc3)n(CC(=O)Nc3ccc(F)c(F)c3)c(=O)c2C1. The zero-order valence-electron chi connectivity index (χ0n) is 17.4. The third kappa shape index (κ3) is 4.43. The smallest absolute Gasteiger partial charge is 0.259 e. The highest BCUT2D eigenvalue weighted by Crippen LogP contribution is 2.22. The Labute approximate surface area is 182 Å². The van der Waals surface area contributed by atoms with Crippen LogP contribution in [0.4, 0.5) is 18.9 Å². The second kappa shape index (κ2) is 8.96. The number of carbonyl (C=O) groups excluding carboxylic acids is 1. The molecule has 0 spiro atoms. The molecule has 166 valence electrons. The summed E-state index contributed by atoms with van der Waals surface area (Å²) in [6, 6.07) is 8.49. The number of nitrogens with zero attached hydrogens (tertiary/aromatic N) is 3. The number of hydrogen-bond acceptors (Lipinski definition) is 4. The van der Waals surface area contributed by atoms with E-state index in [-0.39, 0.29) is 17.1 Å². The number of likely N-dealkylation sites (N-methyl/N-ethyl adjacent to an activating group) is 1. The number of carbonyl (C=O) groups is 1. The number of anilines is 1. The van der Waals surface area contributed by atoms with Gasteiger partial charge in [0, 0.05) is 36.8 Å². The van der Waals surface area contributed by atoms with E-state index >= 15 is 0 Å². The van der Waals surface area contributed by atoms with Crippen LogP contribution in [0.5, 0.6) is 0 Å².